The van der Waals surface area contributed by atoms with Crippen LogP contribution >= 0.6 is 0 Å². The van der Waals surface area contributed by atoms with E-state index in [0.29, 0.717) is 0 Å². The summed E-state index contributed by atoms with van der Waals surface area (Å²) in [5.74, 6) is 0. The van der Waals surface area contributed by atoms with Crippen LogP contribution in [-0.2, 0) is 0 Å². The molecule has 0 aliphatic heterocycles. The number of hydrogen-bond acceptors (Lipinski definition) is 1. The predicted molar refractivity (Wildman–Crippen MR) is 52.8 cm³/mol. The number of hydrogen-bond donors (Lipinski definition) is 0. The molecule has 1 heterocycles. The van der Waals surface area contributed by atoms with Gasteiger partial charge in [0.05, 0.1) is 0 Å². The maximum Gasteiger partial charge on any atom is 0.0373 e. The van der Waals surface area contributed by atoms with Crippen LogP contribution in [0.5, 0.6) is 0 Å². The summed E-state index contributed by atoms with van der Waals surface area (Å²) in [5.41, 5.74) is 3.29. The van der Waals surface area contributed by atoms with E-state index in [4.69, 9.17) is 0 Å². The highest BCUT2D eigenvalue weighted by Gasteiger charge is 1.94. The highest BCUT2D eigenvalue weighted by Crippen LogP contribution is 2.13. The molecule has 0 fully saturated rings. The van der Waals surface area contributed by atoms with Crippen molar-refractivity contribution in [2.24, 2.45) is 0 Å². The van der Waals surface area contributed by atoms with Crippen LogP contribution in [0.3, 0.4) is 0 Å². The van der Waals surface area contributed by atoms with Gasteiger partial charge in [-0.15, -0.1) is 0 Å². The molecule has 0 radical (unpaired) electrons. The van der Waals surface area contributed by atoms with E-state index in [1.807, 2.05) is 38.3 Å². The number of aryl methyl sites for hydroxylation is 1. The third kappa shape index (κ3) is 1.82. The van der Waals surface area contributed by atoms with Crippen LogP contribution in [0.4, 0.5) is 0 Å². The third-order valence-electron chi connectivity index (χ3n) is 1.78. The molecular formula is C11H13N. The Kier molecular flexibility index (Phi) is 2.81. The van der Waals surface area contributed by atoms with Crippen molar-refractivity contribution in [3.63, 3.8) is 0 Å². The van der Waals surface area contributed by atoms with E-state index in [9.17, 15) is 0 Å². The Morgan fingerprint density at radius 2 is 2.25 bits per heavy atom. The molecule has 0 aliphatic carbocycles. The summed E-state index contributed by atoms with van der Waals surface area (Å²) in [4.78, 5) is 4.21. The SMILES string of the molecule is C=C/C(=C\C)c1ccc(C)nc1. The second-order valence-electron chi connectivity index (χ2n) is 2.64. The highest BCUT2D eigenvalue weighted by atomic mass is 14.7. The third-order valence-corrected chi connectivity index (χ3v) is 1.78. The molecule has 0 atom stereocenters. The Morgan fingerprint density at radius 3 is 2.67 bits per heavy atom. The van der Waals surface area contributed by atoms with E-state index in [-0.39, 0.29) is 0 Å². The van der Waals surface area contributed by atoms with Crippen molar-refractivity contribution in [3.05, 3.63) is 48.3 Å². The highest BCUT2D eigenvalue weighted by molar-refractivity contribution is 5.72. The molecule has 1 nitrogen and oxygen atoms in total. The topological polar surface area (TPSA) is 12.9 Å². The van der Waals surface area contributed by atoms with E-state index < -0.39 is 0 Å². The van der Waals surface area contributed by atoms with Gasteiger partial charge in [0, 0.05) is 11.9 Å². The van der Waals surface area contributed by atoms with Crippen LogP contribution in [0, 0.1) is 6.92 Å². The lowest BCUT2D eigenvalue weighted by molar-refractivity contribution is 1.19. The summed E-state index contributed by atoms with van der Waals surface area (Å²) in [6, 6.07) is 4.06. The largest absolute Gasteiger partial charge is 0.261 e. The van der Waals surface area contributed by atoms with Gasteiger partial charge < -0.3 is 0 Å². The van der Waals surface area contributed by atoms with Crippen LogP contribution in [-0.4, -0.2) is 4.98 Å². The molecule has 0 saturated heterocycles. The van der Waals surface area contributed by atoms with Gasteiger partial charge in [-0.2, -0.15) is 0 Å². The summed E-state index contributed by atoms with van der Waals surface area (Å²) < 4.78 is 0. The van der Waals surface area contributed by atoms with Crippen LogP contribution in [0.1, 0.15) is 18.2 Å². The first-order chi connectivity index (χ1) is 5.77. The second-order valence-corrected chi connectivity index (χ2v) is 2.64. The summed E-state index contributed by atoms with van der Waals surface area (Å²) in [7, 11) is 0. The van der Waals surface area contributed by atoms with Crippen molar-refractivity contribution in [2.75, 3.05) is 0 Å². The fourth-order valence-electron chi connectivity index (χ4n) is 1.04. The monoisotopic (exact) mass is 159 g/mol. The van der Waals surface area contributed by atoms with E-state index >= 15 is 0 Å². The molecule has 0 aromatic carbocycles. The van der Waals surface area contributed by atoms with Gasteiger partial charge >= 0.3 is 0 Å². The molecule has 1 heteroatoms. The van der Waals surface area contributed by atoms with E-state index in [1.165, 1.54) is 0 Å². The molecule has 62 valence electrons. The predicted octanol–water partition coefficient (Wildman–Crippen LogP) is 2.98. The molecule has 0 spiro atoms. The Labute approximate surface area is 73.5 Å². The van der Waals surface area contributed by atoms with Gasteiger partial charge in [-0.05, 0) is 31.1 Å². The van der Waals surface area contributed by atoms with E-state index in [1.54, 1.807) is 0 Å². The first-order valence-corrected chi connectivity index (χ1v) is 3.99. The minimum absolute atomic E-state index is 1.04. The van der Waals surface area contributed by atoms with Crippen LogP contribution in [0.2, 0.25) is 0 Å². The van der Waals surface area contributed by atoms with Crippen LogP contribution in [0.15, 0.2) is 37.1 Å². The van der Waals surface area contributed by atoms with Gasteiger partial charge in [-0.1, -0.05) is 24.8 Å². The van der Waals surface area contributed by atoms with Crippen molar-refractivity contribution in [1.29, 1.82) is 0 Å². The van der Waals surface area contributed by atoms with Gasteiger partial charge in [-0.3, -0.25) is 4.98 Å². The minimum Gasteiger partial charge on any atom is -0.261 e. The molecule has 1 rings (SSSR count). The Hall–Kier alpha value is -1.37. The van der Waals surface area contributed by atoms with Gasteiger partial charge in [-0.25, -0.2) is 0 Å². The summed E-state index contributed by atoms with van der Waals surface area (Å²) in [6.07, 6.45) is 5.73. The number of nitrogens with zero attached hydrogens (tertiary/aromatic N) is 1. The van der Waals surface area contributed by atoms with E-state index in [2.05, 4.69) is 17.6 Å². The lowest BCUT2D eigenvalue weighted by Crippen LogP contribution is -1.84. The fraction of sp³-hybridized carbons (Fsp3) is 0.182. The first-order valence-electron chi connectivity index (χ1n) is 3.99. The zero-order valence-electron chi connectivity index (χ0n) is 7.54. The van der Waals surface area contributed by atoms with Gasteiger partial charge in [0.15, 0.2) is 0 Å². The second kappa shape index (κ2) is 3.86. The van der Waals surface area contributed by atoms with Crippen molar-refractivity contribution in [2.45, 2.75) is 13.8 Å². The molecule has 0 unspecified atom stereocenters. The number of aromatic nitrogens is 1. The van der Waals surface area contributed by atoms with Crippen molar-refractivity contribution >= 4 is 5.57 Å². The summed E-state index contributed by atoms with van der Waals surface area (Å²) in [5, 5.41) is 0. The number of pyridine rings is 1. The Morgan fingerprint density at radius 1 is 1.50 bits per heavy atom. The standard InChI is InChI=1S/C11H13N/c1-4-10(5-2)11-7-6-9(3)12-8-11/h4-8H,1H2,2-3H3/b10-5+. The Bertz CT molecular complexity index is 293. The molecule has 0 aliphatic rings. The van der Waals surface area contributed by atoms with Crippen molar-refractivity contribution < 1.29 is 0 Å². The summed E-state index contributed by atoms with van der Waals surface area (Å²) in [6.45, 7) is 7.71. The number of allylic oxidation sites excluding steroid dienone is 3. The van der Waals surface area contributed by atoms with Crippen LogP contribution in [0.25, 0.3) is 5.57 Å². The summed E-state index contributed by atoms with van der Waals surface area (Å²) >= 11 is 0. The van der Waals surface area contributed by atoms with Crippen molar-refractivity contribution in [1.82, 2.24) is 4.98 Å². The maximum absolute atomic E-state index is 4.21. The zero-order valence-corrected chi connectivity index (χ0v) is 7.54. The van der Waals surface area contributed by atoms with Gasteiger partial charge in [0.2, 0.25) is 0 Å². The first kappa shape index (κ1) is 8.72. The fourth-order valence-corrected chi connectivity index (χ4v) is 1.04. The molecule has 0 N–H and O–H groups in total. The molecule has 1 aromatic rings. The molecular weight excluding hydrogens is 146 g/mol. The average Bonchev–Trinajstić information content (AvgIpc) is 2.10. The van der Waals surface area contributed by atoms with E-state index in [0.717, 1.165) is 16.8 Å². The minimum atomic E-state index is 1.04. The smallest absolute Gasteiger partial charge is 0.0373 e. The normalized spacial score (nSPS) is 11.3. The van der Waals surface area contributed by atoms with Crippen LogP contribution < -0.4 is 0 Å². The average molecular weight is 159 g/mol. The maximum atomic E-state index is 4.21. The molecule has 0 bridgehead atoms. The molecule has 12 heavy (non-hydrogen) atoms. The zero-order chi connectivity index (χ0) is 8.97. The Balaban J connectivity index is 3.04. The lowest BCUT2D eigenvalue weighted by atomic mass is 10.1. The molecule has 0 saturated carbocycles. The number of rotatable bonds is 2. The van der Waals surface area contributed by atoms with Gasteiger partial charge in [0.1, 0.15) is 0 Å². The van der Waals surface area contributed by atoms with Gasteiger partial charge in [0.25, 0.3) is 0 Å². The lowest BCUT2D eigenvalue weighted by Gasteiger charge is -2.00. The van der Waals surface area contributed by atoms with Crippen molar-refractivity contribution in [3.8, 4) is 0 Å². The molecule has 0 amide bonds. The quantitative estimate of drug-likeness (QED) is 0.604. The molecule has 1 aromatic heterocycles.